The largest absolute Gasteiger partial charge is 0.480 e. The molecule has 0 fully saturated rings. The number of aliphatic carboxylic acids is 1. The van der Waals surface area contributed by atoms with Crippen molar-refractivity contribution in [3.63, 3.8) is 0 Å². The molecule has 0 bridgehead atoms. The molecule has 0 aliphatic carbocycles. The predicted octanol–water partition coefficient (Wildman–Crippen LogP) is -2.10. The Kier molecular flexibility index (Phi) is 8.32. The molecule has 0 aliphatic heterocycles. The fourth-order valence-corrected chi connectivity index (χ4v) is 1.93. The molecule has 1 aromatic rings. The molecule has 0 aromatic heterocycles. The van der Waals surface area contributed by atoms with Crippen LogP contribution in [0.15, 0.2) is 24.3 Å². The zero-order valence-electron chi connectivity index (χ0n) is 14.1. The minimum absolute atomic E-state index is 0.0976. The molecule has 12 heteroatoms. The summed E-state index contributed by atoms with van der Waals surface area (Å²) in [5, 5.41) is 26.5. The van der Waals surface area contributed by atoms with Crippen molar-refractivity contribution in [1.29, 1.82) is 0 Å². The summed E-state index contributed by atoms with van der Waals surface area (Å²) in [6, 6.07) is 3.95. The second-order valence-electron chi connectivity index (χ2n) is 5.34. The van der Waals surface area contributed by atoms with Gasteiger partial charge in [0.2, 0.25) is 17.7 Å². The highest BCUT2D eigenvalue weighted by atomic mass is 16.6. The summed E-state index contributed by atoms with van der Waals surface area (Å²) < 4.78 is 0. The molecule has 0 heterocycles. The van der Waals surface area contributed by atoms with Gasteiger partial charge in [0.25, 0.3) is 5.69 Å². The molecule has 1 unspecified atom stereocenters. The number of nitrogens with zero attached hydrogens (tertiary/aromatic N) is 1. The van der Waals surface area contributed by atoms with Crippen LogP contribution in [0.1, 0.15) is 5.56 Å². The van der Waals surface area contributed by atoms with Gasteiger partial charge in [0.15, 0.2) is 0 Å². The molecule has 0 spiro atoms. The fourth-order valence-electron chi connectivity index (χ4n) is 1.93. The number of non-ortho nitro benzene ring substituents is 1. The normalized spacial score (nSPS) is 11.1. The number of carboxylic acids is 1. The van der Waals surface area contributed by atoms with E-state index in [0.717, 1.165) is 0 Å². The third kappa shape index (κ3) is 7.92. The van der Waals surface area contributed by atoms with E-state index in [-0.39, 0.29) is 25.2 Å². The van der Waals surface area contributed by atoms with Gasteiger partial charge in [0, 0.05) is 18.6 Å². The Balaban J connectivity index is 2.52. The first-order chi connectivity index (χ1) is 12.7. The smallest absolute Gasteiger partial charge is 0.326 e. The van der Waals surface area contributed by atoms with Gasteiger partial charge in [0.05, 0.1) is 24.6 Å². The standard InChI is InChI=1S/C15H19N5O7/c16-6-12(21)17-7-13(22)18-8-14(23)19-11(15(24)25)5-9-1-3-10(4-2-9)20(26)27/h1-4,11H,5-8,16H2,(H,17,21)(H,18,22)(H,19,23)(H,24,25). The second kappa shape index (κ2) is 10.5. The number of nitro groups is 1. The Morgan fingerprint density at radius 1 is 1.04 bits per heavy atom. The monoisotopic (exact) mass is 381 g/mol. The third-order valence-corrected chi connectivity index (χ3v) is 3.30. The third-order valence-electron chi connectivity index (χ3n) is 3.30. The first-order valence-corrected chi connectivity index (χ1v) is 7.72. The zero-order valence-corrected chi connectivity index (χ0v) is 14.1. The van der Waals surface area contributed by atoms with Crippen LogP contribution in [-0.4, -0.2) is 59.4 Å². The maximum atomic E-state index is 11.8. The van der Waals surface area contributed by atoms with Gasteiger partial charge in [-0.2, -0.15) is 0 Å². The van der Waals surface area contributed by atoms with Gasteiger partial charge in [-0.1, -0.05) is 12.1 Å². The first-order valence-electron chi connectivity index (χ1n) is 7.72. The van der Waals surface area contributed by atoms with Crippen molar-refractivity contribution < 1.29 is 29.2 Å². The van der Waals surface area contributed by atoms with Gasteiger partial charge in [-0.3, -0.25) is 24.5 Å². The number of nitro benzene ring substituents is 1. The molecule has 146 valence electrons. The lowest BCUT2D eigenvalue weighted by Crippen LogP contribution is -2.48. The second-order valence-corrected chi connectivity index (χ2v) is 5.34. The Labute approximate surface area is 153 Å². The van der Waals surface area contributed by atoms with Gasteiger partial charge >= 0.3 is 5.97 Å². The average molecular weight is 381 g/mol. The van der Waals surface area contributed by atoms with Crippen molar-refractivity contribution in [2.75, 3.05) is 19.6 Å². The number of carbonyl (C=O) groups is 4. The summed E-state index contributed by atoms with van der Waals surface area (Å²) in [6.45, 7) is -1.13. The molecule has 6 N–H and O–H groups in total. The maximum Gasteiger partial charge on any atom is 0.326 e. The van der Waals surface area contributed by atoms with E-state index in [1.807, 2.05) is 0 Å². The molecular formula is C15H19N5O7. The van der Waals surface area contributed by atoms with Gasteiger partial charge in [-0.05, 0) is 5.56 Å². The van der Waals surface area contributed by atoms with Crippen molar-refractivity contribution in [2.24, 2.45) is 5.73 Å². The van der Waals surface area contributed by atoms with Crippen LogP contribution in [0, 0.1) is 10.1 Å². The SMILES string of the molecule is NCC(=O)NCC(=O)NCC(=O)NC(Cc1ccc([N+](=O)[O-])cc1)C(=O)O. The van der Waals surface area contributed by atoms with E-state index in [1.165, 1.54) is 24.3 Å². The van der Waals surface area contributed by atoms with Crippen molar-refractivity contribution in [1.82, 2.24) is 16.0 Å². The minimum Gasteiger partial charge on any atom is -0.480 e. The molecule has 0 radical (unpaired) electrons. The molecule has 1 rings (SSSR count). The number of amides is 3. The molecule has 27 heavy (non-hydrogen) atoms. The highest BCUT2D eigenvalue weighted by molar-refractivity contribution is 5.90. The number of nitrogens with one attached hydrogen (secondary N) is 3. The van der Waals surface area contributed by atoms with Crippen LogP contribution in [0.2, 0.25) is 0 Å². The van der Waals surface area contributed by atoms with Gasteiger partial charge in [-0.25, -0.2) is 4.79 Å². The van der Waals surface area contributed by atoms with Crippen LogP contribution in [0.4, 0.5) is 5.69 Å². The van der Waals surface area contributed by atoms with E-state index in [0.29, 0.717) is 5.56 Å². The molecule has 0 saturated heterocycles. The number of carboxylic acid groups (broad SMARTS) is 1. The van der Waals surface area contributed by atoms with E-state index < -0.39 is 41.2 Å². The minimum atomic E-state index is -1.30. The van der Waals surface area contributed by atoms with Crippen molar-refractivity contribution in [2.45, 2.75) is 12.5 Å². The van der Waals surface area contributed by atoms with E-state index in [4.69, 9.17) is 5.73 Å². The summed E-state index contributed by atoms with van der Waals surface area (Å²) in [7, 11) is 0. The summed E-state index contributed by atoms with van der Waals surface area (Å²) in [4.78, 5) is 55.5. The number of carbonyl (C=O) groups excluding carboxylic acids is 3. The zero-order chi connectivity index (χ0) is 20.4. The summed E-state index contributed by atoms with van der Waals surface area (Å²) in [6.07, 6.45) is -0.0976. The van der Waals surface area contributed by atoms with Crippen molar-refractivity contribution in [3.8, 4) is 0 Å². The summed E-state index contributed by atoms with van der Waals surface area (Å²) >= 11 is 0. The molecule has 3 amide bonds. The van der Waals surface area contributed by atoms with Crippen molar-refractivity contribution in [3.05, 3.63) is 39.9 Å². The van der Waals surface area contributed by atoms with Crippen LogP contribution in [0.25, 0.3) is 0 Å². The number of benzene rings is 1. The predicted molar refractivity (Wildman–Crippen MR) is 91.4 cm³/mol. The topological polar surface area (TPSA) is 194 Å². The Hall–Kier alpha value is -3.54. The van der Waals surface area contributed by atoms with Crippen LogP contribution >= 0.6 is 0 Å². The first kappa shape index (κ1) is 21.5. The Morgan fingerprint density at radius 3 is 2.11 bits per heavy atom. The van der Waals surface area contributed by atoms with Gasteiger partial charge in [0.1, 0.15) is 6.04 Å². The Bertz CT molecular complexity index is 720. The highest BCUT2D eigenvalue weighted by Gasteiger charge is 2.21. The number of hydrogen-bond donors (Lipinski definition) is 5. The number of rotatable bonds is 10. The molecule has 1 atom stereocenters. The Morgan fingerprint density at radius 2 is 1.59 bits per heavy atom. The van der Waals surface area contributed by atoms with Crippen molar-refractivity contribution >= 4 is 29.4 Å². The summed E-state index contributed by atoms with van der Waals surface area (Å²) in [5.41, 5.74) is 5.39. The number of hydrogen-bond acceptors (Lipinski definition) is 7. The average Bonchev–Trinajstić information content (AvgIpc) is 2.64. The lowest BCUT2D eigenvalue weighted by Gasteiger charge is -2.15. The van der Waals surface area contributed by atoms with Gasteiger partial charge < -0.3 is 26.8 Å². The number of nitrogens with two attached hydrogens (primary N) is 1. The molecule has 0 saturated carbocycles. The van der Waals surface area contributed by atoms with E-state index >= 15 is 0 Å². The van der Waals surface area contributed by atoms with E-state index in [9.17, 15) is 34.4 Å². The van der Waals surface area contributed by atoms with Crippen LogP contribution < -0.4 is 21.7 Å². The lowest BCUT2D eigenvalue weighted by atomic mass is 10.1. The van der Waals surface area contributed by atoms with Crippen LogP contribution in [0.5, 0.6) is 0 Å². The van der Waals surface area contributed by atoms with E-state index in [2.05, 4.69) is 16.0 Å². The van der Waals surface area contributed by atoms with E-state index in [1.54, 1.807) is 0 Å². The van der Waals surface area contributed by atoms with Crippen LogP contribution in [-0.2, 0) is 25.6 Å². The molecular weight excluding hydrogens is 362 g/mol. The lowest BCUT2D eigenvalue weighted by molar-refractivity contribution is -0.384. The molecule has 0 aliphatic rings. The fraction of sp³-hybridized carbons (Fsp3) is 0.333. The maximum absolute atomic E-state index is 11.8. The quantitative estimate of drug-likeness (QED) is 0.224. The van der Waals surface area contributed by atoms with Crippen LogP contribution in [0.3, 0.4) is 0 Å². The molecule has 1 aromatic carbocycles. The molecule has 12 nitrogen and oxygen atoms in total. The summed E-state index contributed by atoms with van der Waals surface area (Å²) in [5.74, 6) is -3.23. The van der Waals surface area contributed by atoms with Gasteiger partial charge in [-0.15, -0.1) is 0 Å². The highest BCUT2D eigenvalue weighted by Crippen LogP contribution is 2.13.